The maximum Gasteiger partial charge on any atom is 0.341 e. The molecule has 0 heterocycles. The number of ether oxygens (including phenoxy) is 2. The van der Waals surface area contributed by atoms with Crippen molar-refractivity contribution in [3.05, 3.63) is 40.9 Å². The predicted octanol–water partition coefficient (Wildman–Crippen LogP) is 2.64. The standard InChI is InChI=1S/C11H10ClFO3/c1-15-6-8(11(14)16-2)7-3-4-10(13)9(12)5-7/h3-6H,1-2H3/b8-6+. The van der Waals surface area contributed by atoms with Crippen molar-refractivity contribution in [2.75, 3.05) is 14.2 Å². The molecular weight excluding hydrogens is 235 g/mol. The molecule has 1 aromatic rings. The smallest absolute Gasteiger partial charge is 0.341 e. The number of carbonyl (C=O) groups excluding carboxylic acids is 1. The molecule has 0 amide bonds. The third-order valence-electron chi connectivity index (χ3n) is 1.87. The van der Waals surface area contributed by atoms with E-state index in [0.29, 0.717) is 5.56 Å². The van der Waals surface area contributed by atoms with Gasteiger partial charge < -0.3 is 9.47 Å². The molecule has 0 atom stereocenters. The van der Waals surface area contributed by atoms with Gasteiger partial charge in [0.2, 0.25) is 0 Å². The van der Waals surface area contributed by atoms with Gasteiger partial charge in [-0.3, -0.25) is 0 Å². The van der Waals surface area contributed by atoms with Gasteiger partial charge in [-0.15, -0.1) is 0 Å². The first-order valence-corrected chi connectivity index (χ1v) is 4.74. The third kappa shape index (κ3) is 2.73. The first kappa shape index (κ1) is 12.5. The Morgan fingerprint density at radius 3 is 2.62 bits per heavy atom. The van der Waals surface area contributed by atoms with Crippen LogP contribution in [0, 0.1) is 5.82 Å². The van der Waals surface area contributed by atoms with E-state index >= 15 is 0 Å². The van der Waals surface area contributed by atoms with Gasteiger partial charge >= 0.3 is 5.97 Å². The normalized spacial score (nSPS) is 11.1. The molecule has 0 saturated carbocycles. The van der Waals surface area contributed by atoms with Gasteiger partial charge in [-0.25, -0.2) is 9.18 Å². The van der Waals surface area contributed by atoms with Crippen LogP contribution in [0.2, 0.25) is 5.02 Å². The van der Waals surface area contributed by atoms with Gasteiger partial charge in [0.25, 0.3) is 0 Å². The summed E-state index contributed by atoms with van der Waals surface area (Å²) >= 11 is 5.61. The van der Waals surface area contributed by atoms with Crippen molar-refractivity contribution in [3.8, 4) is 0 Å². The highest BCUT2D eigenvalue weighted by Crippen LogP contribution is 2.22. The van der Waals surface area contributed by atoms with Crippen LogP contribution in [0.25, 0.3) is 5.57 Å². The summed E-state index contributed by atoms with van der Waals surface area (Å²) in [5.41, 5.74) is 0.604. The van der Waals surface area contributed by atoms with Gasteiger partial charge in [-0.2, -0.15) is 0 Å². The second kappa shape index (κ2) is 5.51. The van der Waals surface area contributed by atoms with E-state index in [1.165, 1.54) is 38.7 Å². The third-order valence-corrected chi connectivity index (χ3v) is 2.16. The van der Waals surface area contributed by atoms with Crippen molar-refractivity contribution in [2.45, 2.75) is 0 Å². The summed E-state index contributed by atoms with van der Waals surface area (Å²) in [5, 5.41) is -0.0663. The molecule has 0 saturated heterocycles. The summed E-state index contributed by atoms with van der Waals surface area (Å²) in [5.74, 6) is -1.13. The molecule has 0 bridgehead atoms. The van der Waals surface area contributed by atoms with E-state index in [1.807, 2.05) is 0 Å². The van der Waals surface area contributed by atoms with Crippen LogP contribution in [0.1, 0.15) is 5.56 Å². The topological polar surface area (TPSA) is 35.5 Å². The Balaban J connectivity index is 3.17. The van der Waals surface area contributed by atoms with Gasteiger partial charge in [-0.05, 0) is 17.7 Å². The summed E-state index contributed by atoms with van der Waals surface area (Å²) in [6, 6.07) is 3.92. The van der Waals surface area contributed by atoms with Gasteiger partial charge in [0.15, 0.2) is 0 Å². The molecular formula is C11H10ClFO3. The first-order chi connectivity index (χ1) is 7.60. The highest BCUT2D eigenvalue weighted by atomic mass is 35.5. The van der Waals surface area contributed by atoms with Gasteiger partial charge in [0, 0.05) is 0 Å². The van der Waals surface area contributed by atoms with E-state index < -0.39 is 11.8 Å². The molecule has 0 radical (unpaired) electrons. The van der Waals surface area contributed by atoms with Crippen LogP contribution in [0.15, 0.2) is 24.5 Å². The Morgan fingerprint density at radius 1 is 1.44 bits per heavy atom. The van der Waals surface area contributed by atoms with Crippen molar-refractivity contribution in [2.24, 2.45) is 0 Å². The number of rotatable bonds is 3. The fraction of sp³-hybridized carbons (Fsp3) is 0.182. The fourth-order valence-corrected chi connectivity index (χ4v) is 1.31. The van der Waals surface area contributed by atoms with Crippen molar-refractivity contribution in [1.29, 1.82) is 0 Å². The molecule has 0 aliphatic heterocycles. The van der Waals surface area contributed by atoms with Gasteiger partial charge in [0.1, 0.15) is 11.4 Å². The minimum absolute atomic E-state index is 0.0663. The van der Waals surface area contributed by atoms with Crippen LogP contribution in [0.3, 0.4) is 0 Å². The van der Waals surface area contributed by atoms with Gasteiger partial charge in [0.05, 0.1) is 25.5 Å². The van der Waals surface area contributed by atoms with Crippen molar-refractivity contribution in [1.82, 2.24) is 0 Å². The van der Waals surface area contributed by atoms with E-state index in [-0.39, 0.29) is 10.6 Å². The Labute approximate surface area is 97.4 Å². The molecule has 0 aromatic heterocycles. The molecule has 1 rings (SSSR count). The lowest BCUT2D eigenvalue weighted by atomic mass is 10.1. The number of hydrogen-bond donors (Lipinski definition) is 0. The number of carbonyl (C=O) groups is 1. The zero-order chi connectivity index (χ0) is 12.1. The lowest BCUT2D eigenvalue weighted by Crippen LogP contribution is -2.04. The molecule has 86 valence electrons. The molecule has 0 unspecified atom stereocenters. The summed E-state index contributed by atoms with van der Waals surface area (Å²) in [6.45, 7) is 0. The lowest BCUT2D eigenvalue weighted by Gasteiger charge is -2.06. The molecule has 1 aromatic carbocycles. The van der Waals surface area contributed by atoms with E-state index in [9.17, 15) is 9.18 Å². The average molecular weight is 245 g/mol. The summed E-state index contributed by atoms with van der Waals surface area (Å²) in [7, 11) is 2.64. The zero-order valence-electron chi connectivity index (χ0n) is 8.79. The predicted molar refractivity (Wildman–Crippen MR) is 58.4 cm³/mol. The maximum atomic E-state index is 12.9. The first-order valence-electron chi connectivity index (χ1n) is 4.37. The summed E-state index contributed by atoms with van der Waals surface area (Å²) < 4.78 is 22.2. The maximum absolute atomic E-state index is 12.9. The van der Waals surface area contributed by atoms with Crippen LogP contribution in [-0.2, 0) is 14.3 Å². The van der Waals surface area contributed by atoms with E-state index in [0.717, 1.165) is 0 Å². The van der Waals surface area contributed by atoms with Crippen molar-refractivity contribution >= 4 is 23.1 Å². The van der Waals surface area contributed by atoms with Crippen LogP contribution in [0.5, 0.6) is 0 Å². The number of halogens is 2. The molecule has 16 heavy (non-hydrogen) atoms. The zero-order valence-corrected chi connectivity index (χ0v) is 9.55. The summed E-state index contributed by atoms with van der Waals surface area (Å²) in [6.07, 6.45) is 1.22. The average Bonchev–Trinajstić information content (AvgIpc) is 2.29. The summed E-state index contributed by atoms with van der Waals surface area (Å²) in [4.78, 5) is 11.4. The second-order valence-electron chi connectivity index (χ2n) is 2.89. The molecule has 0 spiro atoms. The van der Waals surface area contributed by atoms with E-state index in [2.05, 4.69) is 4.74 Å². The molecule has 0 N–H and O–H groups in total. The SMILES string of the molecule is CO/C=C(/C(=O)OC)c1ccc(F)c(Cl)c1. The number of hydrogen-bond acceptors (Lipinski definition) is 3. The Morgan fingerprint density at radius 2 is 2.12 bits per heavy atom. The van der Waals surface area contributed by atoms with Crippen LogP contribution in [-0.4, -0.2) is 20.2 Å². The minimum atomic E-state index is -0.579. The molecule has 0 aliphatic carbocycles. The van der Waals surface area contributed by atoms with Crippen LogP contribution >= 0.6 is 11.6 Å². The molecule has 3 nitrogen and oxygen atoms in total. The fourth-order valence-electron chi connectivity index (χ4n) is 1.13. The molecule has 5 heteroatoms. The van der Waals surface area contributed by atoms with Crippen molar-refractivity contribution in [3.63, 3.8) is 0 Å². The Bertz CT molecular complexity index is 429. The lowest BCUT2D eigenvalue weighted by molar-refractivity contribution is -0.133. The number of benzene rings is 1. The highest BCUT2D eigenvalue weighted by Gasteiger charge is 2.14. The quantitative estimate of drug-likeness (QED) is 0.466. The second-order valence-corrected chi connectivity index (χ2v) is 3.29. The molecule has 0 aliphatic rings. The van der Waals surface area contributed by atoms with E-state index in [4.69, 9.17) is 16.3 Å². The number of esters is 1. The van der Waals surface area contributed by atoms with Gasteiger partial charge in [-0.1, -0.05) is 17.7 Å². The van der Waals surface area contributed by atoms with Crippen LogP contribution < -0.4 is 0 Å². The van der Waals surface area contributed by atoms with Crippen molar-refractivity contribution < 1.29 is 18.7 Å². The number of methoxy groups -OCH3 is 2. The van der Waals surface area contributed by atoms with E-state index in [1.54, 1.807) is 0 Å². The highest BCUT2D eigenvalue weighted by molar-refractivity contribution is 6.31. The Kier molecular flexibility index (Phi) is 4.31. The van der Waals surface area contributed by atoms with Crippen LogP contribution in [0.4, 0.5) is 4.39 Å². The molecule has 0 fully saturated rings. The largest absolute Gasteiger partial charge is 0.503 e. The Hall–Kier alpha value is -1.55. The minimum Gasteiger partial charge on any atom is -0.503 e. The monoisotopic (exact) mass is 244 g/mol.